The zero-order chi connectivity index (χ0) is 21.4. The first-order chi connectivity index (χ1) is 13.9. The predicted molar refractivity (Wildman–Crippen MR) is 111 cm³/mol. The van der Waals surface area contributed by atoms with E-state index in [0.29, 0.717) is 18.0 Å². The Morgan fingerprint density at radius 3 is 2.07 bits per heavy atom. The molecule has 0 spiro atoms. The van der Waals surface area contributed by atoms with E-state index in [0.717, 1.165) is 10.5 Å². The highest BCUT2D eigenvalue weighted by molar-refractivity contribution is 7.98. The van der Waals surface area contributed by atoms with Crippen molar-refractivity contribution in [2.24, 2.45) is 0 Å². The lowest BCUT2D eigenvalue weighted by Gasteiger charge is -2.18. The summed E-state index contributed by atoms with van der Waals surface area (Å²) in [6.07, 6.45) is 2.01. The van der Waals surface area contributed by atoms with Gasteiger partial charge in [0, 0.05) is 30.6 Å². The summed E-state index contributed by atoms with van der Waals surface area (Å²) >= 11 is 1.65. The maximum absolute atomic E-state index is 12.5. The second-order valence-corrected chi connectivity index (χ2v) is 6.96. The number of methoxy groups -OCH3 is 3. The molecule has 0 atom stereocenters. The number of likely N-dealkylation sites (N-methyl/N-ethyl adjacent to an activating group) is 1. The van der Waals surface area contributed by atoms with E-state index >= 15 is 0 Å². The summed E-state index contributed by atoms with van der Waals surface area (Å²) in [7, 11) is 6.04. The van der Waals surface area contributed by atoms with Crippen LogP contribution in [0.5, 0.6) is 17.2 Å². The highest BCUT2D eigenvalue weighted by Gasteiger charge is 2.20. The SMILES string of the molecule is COc1cc(OC)c(C(=O)OCC(=O)N(C)Cc2ccc(SC)cc2)cc1OC. The molecule has 1 amide bonds. The minimum Gasteiger partial charge on any atom is -0.496 e. The molecule has 2 aromatic carbocycles. The van der Waals surface area contributed by atoms with Crippen molar-refractivity contribution in [3.63, 3.8) is 0 Å². The molecule has 0 aliphatic carbocycles. The number of rotatable bonds is 9. The van der Waals surface area contributed by atoms with E-state index in [9.17, 15) is 9.59 Å². The summed E-state index contributed by atoms with van der Waals surface area (Å²) in [6, 6.07) is 10.9. The Labute approximate surface area is 174 Å². The van der Waals surface area contributed by atoms with E-state index in [4.69, 9.17) is 18.9 Å². The van der Waals surface area contributed by atoms with Gasteiger partial charge in [-0.2, -0.15) is 0 Å². The molecular weight excluding hydrogens is 394 g/mol. The van der Waals surface area contributed by atoms with Crippen LogP contribution < -0.4 is 14.2 Å². The summed E-state index contributed by atoms with van der Waals surface area (Å²) < 4.78 is 20.8. The normalized spacial score (nSPS) is 10.2. The van der Waals surface area contributed by atoms with Gasteiger partial charge >= 0.3 is 5.97 Å². The van der Waals surface area contributed by atoms with E-state index in [1.54, 1.807) is 18.8 Å². The van der Waals surface area contributed by atoms with Gasteiger partial charge in [-0.3, -0.25) is 4.79 Å². The molecule has 29 heavy (non-hydrogen) atoms. The molecule has 8 heteroatoms. The number of thioether (sulfide) groups is 1. The molecule has 7 nitrogen and oxygen atoms in total. The number of hydrogen-bond donors (Lipinski definition) is 0. The van der Waals surface area contributed by atoms with Crippen molar-refractivity contribution in [3.8, 4) is 17.2 Å². The molecule has 0 unspecified atom stereocenters. The van der Waals surface area contributed by atoms with Crippen LogP contribution in [0.4, 0.5) is 0 Å². The first-order valence-corrected chi connectivity index (χ1v) is 10.00. The zero-order valence-corrected chi connectivity index (χ0v) is 18.0. The van der Waals surface area contributed by atoms with Crippen LogP contribution in [0.1, 0.15) is 15.9 Å². The van der Waals surface area contributed by atoms with E-state index in [1.165, 1.54) is 38.4 Å². The zero-order valence-electron chi connectivity index (χ0n) is 17.2. The minimum absolute atomic E-state index is 0.147. The Bertz CT molecular complexity index is 853. The van der Waals surface area contributed by atoms with E-state index in [2.05, 4.69) is 0 Å². The van der Waals surface area contributed by atoms with Crippen molar-refractivity contribution in [2.45, 2.75) is 11.4 Å². The number of carbonyl (C=O) groups excluding carboxylic acids is 2. The quantitative estimate of drug-likeness (QED) is 0.456. The summed E-state index contributed by atoms with van der Waals surface area (Å²) in [4.78, 5) is 27.5. The Balaban J connectivity index is 2.01. The van der Waals surface area contributed by atoms with Crippen molar-refractivity contribution >= 4 is 23.6 Å². The molecule has 0 aromatic heterocycles. The van der Waals surface area contributed by atoms with Crippen molar-refractivity contribution in [2.75, 3.05) is 41.2 Å². The molecule has 0 aliphatic rings. The number of amides is 1. The second-order valence-electron chi connectivity index (χ2n) is 6.08. The molecule has 0 N–H and O–H groups in total. The number of carbonyl (C=O) groups is 2. The predicted octanol–water partition coefficient (Wildman–Crippen LogP) is 3.25. The van der Waals surface area contributed by atoms with Crippen molar-refractivity contribution < 1.29 is 28.5 Å². The number of nitrogens with zero attached hydrogens (tertiary/aromatic N) is 1. The van der Waals surface area contributed by atoms with Crippen LogP contribution in [0.25, 0.3) is 0 Å². The first-order valence-electron chi connectivity index (χ1n) is 8.77. The molecule has 0 bridgehead atoms. The monoisotopic (exact) mass is 419 g/mol. The Hall–Kier alpha value is -2.87. The van der Waals surface area contributed by atoms with Crippen LogP contribution >= 0.6 is 11.8 Å². The third kappa shape index (κ3) is 5.80. The second kappa shape index (κ2) is 10.6. The van der Waals surface area contributed by atoms with Gasteiger partial charge in [-0.05, 0) is 24.0 Å². The Morgan fingerprint density at radius 1 is 0.931 bits per heavy atom. The number of esters is 1. The van der Waals surface area contributed by atoms with E-state index in [1.807, 2.05) is 30.5 Å². The van der Waals surface area contributed by atoms with Crippen LogP contribution in [0.3, 0.4) is 0 Å². The molecule has 0 saturated heterocycles. The van der Waals surface area contributed by atoms with Crippen LogP contribution in [0.2, 0.25) is 0 Å². The third-order valence-corrected chi connectivity index (χ3v) is 5.00. The lowest BCUT2D eigenvalue weighted by Crippen LogP contribution is -2.30. The van der Waals surface area contributed by atoms with E-state index in [-0.39, 0.29) is 23.8 Å². The number of ether oxygens (including phenoxy) is 4. The highest BCUT2D eigenvalue weighted by Crippen LogP contribution is 2.34. The van der Waals surface area contributed by atoms with Crippen LogP contribution in [0, 0.1) is 0 Å². The maximum Gasteiger partial charge on any atom is 0.342 e. The first kappa shape index (κ1) is 22.4. The van der Waals surface area contributed by atoms with Crippen LogP contribution in [-0.2, 0) is 16.1 Å². The van der Waals surface area contributed by atoms with Crippen LogP contribution in [0.15, 0.2) is 41.3 Å². The molecule has 0 heterocycles. The molecule has 0 aliphatic heterocycles. The van der Waals surface area contributed by atoms with Gasteiger partial charge in [-0.1, -0.05) is 12.1 Å². The van der Waals surface area contributed by atoms with Crippen molar-refractivity contribution in [1.82, 2.24) is 4.90 Å². The molecule has 2 rings (SSSR count). The fourth-order valence-electron chi connectivity index (χ4n) is 2.60. The van der Waals surface area contributed by atoms with Gasteiger partial charge in [0.05, 0.1) is 21.3 Å². The van der Waals surface area contributed by atoms with Gasteiger partial charge in [0.1, 0.15) is 11.3 Å². The topological polar surface area (TPSA) is 74.3 Å². The molecule has 0 radical (unpaired) electrons. The van der Waals surface area contributed by atoms with Gasteiger partial charge in [0.2, 0.25) is 0 Å². The lowest BCUT2D eigenvalue weighted by molar-refractivity contribution is -0.133. The Kier molecular flexibility index (Phi) is 8.21. The lowest BCUT2D eigenvalue weighted by atomic mass is 10.1. The fourth-order valence-corrected chi connectivity index (χ4v) is 3.01. The average Bonchev–Trinajstić information content (AvgIpc) is 2.76. The van der Waals surface area contributed by atoms with Gasteiger partial charge in [0.25, 0.3) is 5.91 Å². The average molecular weight is 419 g/mol. The molecule has 2 aromatic rings. The Morgan fingerprint density at radius 2 is 1.52 bits per heavy atom. The molecule has 0 fully saturated rings. The number of benzene rings is 2. The maximum atomic E-state index is 12.5. The smallest absolute Gasteiger partial charge is 0.342 e. The summed E-state index contributed by atoms with van der Waals surface area (Å²) in [5, 5.41) is 0. The minimum atomic E-state index is -0.686. The summed E-state index contributed by atoms with van der Waals surface area (Å²) in [5.74, 6) is 0.0459. The van der Waals surface area contributed by atoms with Gasteiger partial charge < -0.3 is 23.8 Å². The van der Waals surface area contributed by atoms with Crippen LogP contribution in [-0.4, -0.2) is 58.0 Å². The standard InChI is InChI=1S/C21H25NO6S/c1-22(12-14-6-8-15(29-5)9-7-14)20(23)13-28-21(24)16-10-18(26-3)19(27-4)11-17(16)25-2/h6-11H,12-13H2,1-5H3. The molecule has 0 saturated carbocycles. The largest absolute Gasteiger partial charge is 0.496 e. The fraction of sp³-hybridized carbons (Fsp3) is 0.333. The highest BCUT2D eigenvalue weighted by atomic mass is 32.2. The summed E-state index contributed by atoms with van der Waals surface area (Å²) in [6.45, 7) is 0.0421. The molecule has 156 valence electrons. The van der Waals surface area contributed by atoms with E-state index < -0.39 is 5.97 Å². The molecular formula is C21H25NO6S. The summed E-state index contributed by atoms with van der Waals surface area (Å²) in [5.41, 5.74) is 1.14. The van der Waals surface area contributed by atoms with Crippen molar-refractivity contribution in [1.29, 1.82) is 0 Å². The third-order valence-electron chi connectivity index (χ3n) is 4.26. The van der Waals surface area contributed by atoms with Gasteiger partial charge in [-0.15, -0.1) is 11.8 Å². The van der Waals surface area contributed by atoms with Crippen molar-refractivity contribution in [3.05, 3.63) is 47.5 Å². The van der Waals surface area contributed by atoms with Gasteiger partial charge in [0.15, 0.2) is 18.1 Å². The number of hydrogen-bond acceptors (Lipinski definition) is 7. The van der Waals surface area contributed by atoms with Gasteiger partial charge in [-0.25, -0.2) is 4.79 Å².